The highest BCUT2D eigenvalue weighted by molar-refractivity contribution is 5.90. The first-order chi connectivity index (χ1) is 10.1. The normalized spacial score (nSPS) is 17.8. The monoisotopic (exact) mass is 294 g/mol. The van der Waals surface area contributed by atoms with Crippen LogP contribution in [0.15, 0.2) is 18.2 Å². The topological polar surface area (TPSA) is 54.0 Å². The Bertz CT molecular complexity index is 478. The van der Waals surface area contributed by atoms with Gasteiger partial charge in [0.25, 0.3) is 0 Å². The summed E-state index contributed by atoms with van der Waals surface area (Å²) in [5, 5.41) is 0. The van der Waals surface area contributed by atoms with Gasteiger partial charge < -0.3 is 18.9 Å². The molecule has 1 fully saturated rings. The maximum absolute atomic E-state index is 12.0. The number of hydrogen-bond donors (Lipinski definition) is 0. The molecular weight excluding hydrogens is 272 g/mol. The lowest BCUT2D eigenvalue weighted by Crippen LogP contribution is -2.18. The Morgan fingerprint density at radius 2 is 2.19 bits per heavy atom. The summed E-state index contributed by atoms with van der Waals surface area (Å²) in [6.07, 6.45) is 2.03. The van der Waals surface area contributed by atoms with E-state index < -0.39 is 0 Å². The van der Waals surface area contributed by atoms with Crippen molar-refractivity contribution >= 4 is 5.97 Å². The van der Waals surface area contributed by atoms with E-state index in [9.17, 15) is 4.79 Å². The number of rotatable bonds is 6. The zero-order chi connectivity index (χ0) is 15.2. The summed E-state index contributed by atoms with van der Waals surface area (Å²) in [5.74, 6) is 0.762. The summed E-state index contributed by atoms with van der Waals surface area (Å²) in [4.78, 5) is 12.0. The first kappa shape index (κ1) is 15.6. The van der Waals surface area contributed by atoms with E-state index in [-0.39, 0.29) is 18.2 Å². The molecule has 5 heteroatoms. The molecule has 5 nitrogen and oxygen atoms in total. The van der Waals surface area contributed by atoms with Gasteiger partial charge in [0, 0.05) is 6.61 Å². The zero-order valence-corrected chi connectivity index (χ0v) is 12.8. The van der Waals surface area contributed by atoms with Crippen LogP contribution >= 0.6 is 0 Å². The average molecular weight is 294 g/mol. The van der Waals surface area contributed by atoms with Gasteiger partial charge in [0.2, 0.25) is 0 Å². The van der Waals surface area contributed by atoms with E-state index in [0.29, 0.717) is 23.7 Å². The molecule has 1 heterocycles. The minimum Gasteiger partial charge on any atom is -0.493 e. The van der Waals surface area contributed by atoms with Crippen molar-refractivity contribution in [3.63, 3.8) is 0 Å². The van der Waals surface area contributed by atoms with Crippen LogP contribution in [0.4, 0.5) is 0 Å². The van der Waals surface area contributed by atoms with Crippen LogP contribution < -0.4 is 9.47 Å². The Morgan fingerprint density at radius 3 is 2.81 bits per heavy atom. The summed E-state index contributed by atoms with van der Waals surface area (Å²) >= 11 is 0. The third-order valence-electron chi connectivity index (χ3n) is 3.19. The van der Waals surface area contributed by atoms with Crippen LogP contribution in [0.1, 0.15) is 37.0 Å². The fraction of sp³-hybridized carbons (Fsp3) is 0.562. The fourth-order valence-corrected chi connectivity index (χ4v) is 2.17. The molecule has 0 saturated carbocycles. The molecule has 21 heavy (non-hydrogen) atoms. The van der Waals surface area contributed by atoms with Gasteiger partial charge in [-0.3, -0.25) is 0 Å². The molecule has 1 saturated heterocycles. The molecule has 1 aromatic rings. The molecule has 0 aliphatic carbocycles. The molecule has 0 radical (unpaired) electrons. The van der Waals surface area contributed by atoms with Crippen molar-refractivity contribution < 1.29 is 23.7 Å². The van der Waals surface area contributed by atoms with E-state index >= 15 is 0 Å². The summed E-state index contributed by atoms with van der Waals surface area (Å²) in [5.41, 5.74) is 0.445. The maximum atomic E-state index is 12.0. The van der Waals surface area contributed by atoms with Gasteiger partial charge in [-0.1, -0.05) is 0 Å². The number of carbonyl (C=O) groups excluding carboxylic acids is 1. The molecule has 1 aliphatic heterocycles. The Kier molecular flexibility index (Phi) is 5.44. The standard InChI is InChI=1S/C16H22O5/c1-11(2)21-14-7-6-12(9-15(14)18-3)16(17)20-10-13-5-4-8-19-13/h6-7,9,11,13H,4-5,8,10H2,1-3H3. The van der Waals surface area contributed by atoms with Crippen LogP contribution in [0.3, 0.4) is 0 Å². The highest BCUT2D eigenvalue weighted by Crippen LogP contribution is 2.29. The first-order valence-electron chi connectivity index (χ1n) is 7.23. The Labute approximate surface area is 125 Å². The van der Waals surface area contributed by atoms with E-state index in [4.69, 9.17) is 18.9 Å². The van der Waals surface area contributed by atoms with Crippen molar-refractivity contribution in [3.05, 3.63) is 23.8 Å². The van der Waals surface area contributed by atoms with Crippen LogP contribution in [0.2, 0.25) is 0 Å². The molecule has 0 amide bonds. The Balaban J connectivity index is 1.99. The summed E-state index contributed by atoms with van der Waals surface area (Å²) < 4.78 is 21.6. The third-order valence-corrected chi connectivity index (χ3v) is 3.19. The third kappa shape index (κ3) is 4.36. The van der Waals surface area contributed by atoms with Crippen molar-refractivity contribution in [1.29, 1.82) is 0 Å². The van der Waals surface area contributed by atoms with Gasteiger partial charge in [0.05, 0.1) is 24.9 Å². The van der Waals surface area contributed by atoms with Crippen LogP contribution in [0.25, 0.3) is 0 Å². The van der Waals surface area contributed by atoms with Crippen LogP contribution in [-0.2, 0) is 9.47 Å². The molecule has 1 aromatic carbocycles. The highest BCUT2D eigenvalue weighted by atomic mass is 16.6. The largest absolute Gasteiger partial charge is 0.493 e. The number of esters is 1. The van der Waals surface area contributed by atoms with Gasteiger partial charge in [-0.2, -0.15) is 0 Å². The van der Waals surface area contributed by atoms with Gasteiger partial charge in [-0.05, 0) is 44.9 Å². The quantitative estimate of drug-likeness (QED) is 0.755. The lowest BCUT2D eigenvalue weighted by molar-refractivity contribution is 0.0161. The van der Waals surface area contributed by atoms with E-state index in [1.54, 1.807) is 25.3 Å². The number of hydrogen-bond acceptors (Lipinski definition) is 5. The fourth-order valence-electron chi connectivity index (χ4n) is 2.17. The van der Waals surface area contributed by atoms with Crippen molar-refractivity contribution in [2.45, 2.75) is 38.9 Å². The summed E-state index contributed by atoms with van der Waals surface area (Å²) in [6.45, 7) is 4.91. The smallest absolute Gasteiger partial charge is 0.338 e. The second-order valence-electron chi connectivity index (χ2n) is 5.27. The van der Waals surface area contributed by atoms with Crippen molar-refractivity contribution in [1.82, 2.24) is 0 Å². The Hall–Kier alpha value is -1.75. The lowest BCUT2D eigenvalue weighted by atomic mass is 10.2. The van der Waals surface area contributed by atoms with Gasteiger partial charge in [0.1, 0.15) is 6.61 Å². The van der Waals surface area contributed by atoms with Crippen molar-refractivity contribution in [3.8, 4) is 11.5 Å². The summed E-state index contributed by atoms with van der Waals surface area (Å²) in [7, 11) is 1.55. The van der Waals surface area contributed by atoms with Crippen LogP contribution in [0.5, 0.6) is 11.5 Å². The molecule has 1 atom stereocenters. The first-order valence-corrected chi connectivity index (χ1v) is 7.23. The number of methoxy groups -OCH3 is 1. The van der Waals surface area contributed by atoms with Gasteiger partial charge in [-0.15, -0.1) is 0 Å². The molecular formula is C16H22O5. The molecule has 0 bridgehead atoms. The van der Waals surface area contributed by atoms with Crippen molar-refractivity contribution in [2.75, 3.05) is 20.3 Å². The zero-order valence-electron chi connectivity index (χ0n) is 12.8. The number of benzene rings is 1. The maximum Gasteiger partial charge on any atom is 0.338 e. The summed E-state index contributed by atoms with van der Waals surface area (Å²) in [6, 6.07) is 5.04. The predicted molar refractivity (Wildman–Crippen MR) is 78.0 cm³/mol. The molecule has 1 aliphatic rings. The average Bonchev–Trinajstić information content (AvgIpc) is 2.98. The number of carbonyl (C=O) groups is 1. The second kappa shape index (κ2) is 7.31. The second-order valence-corrected chi connectivity index (χ2v) is 5.27. The molecule has 0 spiro atoms. The predicted octanol–water partition coefficient (Wildman–Crippen LogP) is 2.82. The number of ether oxygens (including phenoxy) is 4. The molecule has 116 valence electrons. The highest BCUT2D eigenvalue weighted by Gasteiger charge is 2.19. The lowest BCUT2D eigenvalue weighted by Gasteiger charge is -2.15. The molecule has 0 aromatic heterocycles. The van der Waals surface area contributed by atoms with Gasteiger partial charge in [-0.25, -0.2) is 4.79 Å². The van der Waals surface area contributed by atoms with Crippen LogP contribution in [-0.4, -0.2) is 38.5 Å². The van der Waals surface area contributed by atoms with E-state index in [0.717, 1.165) is 19.4 Å². The van der Waals surface area contributed by atoms with Gasteiger partial charge in [0.15, 0.2) is 11.5 Å². The van der Waals surface area contributed by atoms with E-state index in [1.165, 1.54) is 0 Å². The van der Waals surface area contributed by atoms with Crippen LogP contribution in [0, 0.1) is 0 Å². The Morgan fingerprint density at radius 1 is 1.38 bits per heavy atom. The van der Waals surface area contributed by atoms with Gasteiger partial charge >= 0.3 is 5.97 Å². The molecule has 1 unspecified atom stereocenters. The van der Waals surface area contributed by atoms with E-state index in [1.807, 2.05) is 13.8 Å². The molecule has 2 rings (SSSR count). The SMILES string of the molecule is COc1cc(C(=O)OCC2CCCO2)ccc1OC(C)C. The van der Waals surface area contributed by atoms with E-state index in [2.05, 4.69) is 0 Å². The van der Waals surface area contributed by atoms with Crippen molar-refractivity contribution in [2.24, 2.45) is 0 Å². The molecule has 0 N–H and O–H groups in total. The minimum atomic E-state index is -0.375. The minimum absolute atomic E-state index is 0.0272.